The Balaban J connectivity index is 0.00000289. The predicted molar refractivity (Wildman–Crippen MR) is 130 cm³/mol. The molecule has 1 fully saturated rings. The Hall–Kier alpha value is -2.89. The molecule has 1 aliphatic heterocycles. The first-order chi connectivity index (χ1) is 15.1. The molecule has 1 aromatic heterocycles. The van der Waals surface area contributed by atoms with Crippen molar-refractivity contribution < 1.29 is 4.79 Å². The molecule has 5 nitrogen and oxygen atoms in total. The van der Waals surface area contributed by atoms with Gasteiger partial charge in [-0.15, -0.1) is 12.4 Å². The number of rotatable bonds is 6. The normalized spacial score (nSPS) is 14.1. The van der Waals surface area contributed by atoms with Crippen LogP contribution >= 0.6 is 12.4 Å². The highest BCUT2D eigenvalue weighted by Crippen LogP contribution is 2.29. The van der Waals surface area contributed by atoms with Crippen molar-refractivity contribution in [1.82, 2.24) is 9.88 Å². The van der Waals surface area contributed by atoms with Gasteiger partial charge in [-0.3, -0.25) is 9.59 Å². The van der Waals surface area contributed by atoms with E-state index in [4.69, 9.17) is 5.73 Å². The molecule has 1 amide bonds. The van der Waals surface area contributed by atoms with Crippen LogP contribution in [0.1, 0.15) is 51.4 Å². The lowest BCUT2D eigenvalue weighted by atomic mass is 9.88. The number of likely N-dealkylation sites (tertiary alicyclic amines) is 1. The molecule has 6 heteroatoms. The van der Waals surface area contributed by atoms with Crippen LogP contribution in [0.2, 0.25) is 0 Å². The number of piperidine rings is 1. The number of benzene rings is 2. The van der Waals surface area contributed by atoms with Gasteiger partial charge in [0.15, 0.2) is 0 Å². The molecule has 0 spiro atoms. The van der Waals surface area contributed by atoms with Gasteiger partial charge < -0.3 is 15.6 Å². The number of carbonyl (C=O) groups excluding carboxylic acids is 1. The van der Waals surface area contributed by atoms with E-state index in [1.807, 2.05) is 29.2 Å². The zero-order valence-electron chi connectivity index (χ0n) is 18.1. The standard InChI is InChI=1S/C26H29N3O2.ClH/c27-17-20-7-4-8-23(15-20)22-11-13-29(14-12-22)26(31)24-16-21(18-28-25(24)30)10-9-19-5-2-1-3-6-19;/h1-8,15-16,18,22H,9-14,17,27H2,(H,28,30);1H. The molecule has 1 aliphatic rings. The van der Waals surface area contributed by atoms with E-state index in [0.29, 0.717) is 25.6 Å². The fourth-order valence-electron chi connectivity index (χ4n) is 4.33. The van der Waals surface area contributed by atoms with Crippen LogP contribution < -0.4 is 11.3 Å². The largest absolute Gasteiger partial charge is 0.338 e. The molecule has 1 saturated heterocycles. The number of nitrogens with two attached hydrogens (primary N) is 1. The molecule has 0 bridgehead atoms. The predicted octanol–water partition coefficient (Wildman–Crippen LogP) is 4.06. The third kappa shape index (κ3) is 5.67. The van der Waals surface area contributed by atoms with E-state index in [9.17, 15) is 9.59 Å². The van der Waals surface area contributed by atoms with Crippen LogP contribution in [0, 0.1) is 0 Å². The number of aromatic nitrogens is 1. The zero-order chi connectivity index (χ0) is 21.6. The minimum Gasteiger partial charge on any atom is -0.338 e. The van der Waals surface area contributed by atoms with Gasteiger partial charge in [0.2, 0.25) is 0 Å². The third-order valence-electron chi connectivity index (χ3n) is 6.18. The summed E-state index contributed by atoms with van der Waals surface area (Å²) in [5.41, 5.74) is 10.3. The van der Waals surface area contributed by atoms with E-state index in [2.05, 4.69) is 35.3 Å². The Labute approximate surface area is 195 Å². The van der Waals surface area contributed by atoms with E-state index >= 15 is 0 Å². The number of amides is 1. The van der Waals surface area contributed by atoms with Gasteiger partial charge in [0.1, 0.15) is 5.56 Å². The molecule has 0 aliphatic carbocycles. The summed E-state index contributed by atoms with van der Waals surface area (Å²) >= 11 is 0. The lowest BCUT2D eigenvalue weighted by Crippen LogP contribution is -2.40. The number of pyridine rings is 1. The topological polar surface area (TPSA) is 79.2 Å². The van der Waals surface area contributed by atoms with Crippen LogP contribution in [0.4, 0.5) is 0 Å². The van der Waals surface area contributed by atoms with Gasteiger partial charge >= 0.3 is 0 Å². The maximum Gasteiger partial charge on any atom is 0.260 e. The summed E-state index contributed by atoms with van der Waals surface area (Å²) in [4.78, 5) is 30.0. The van der Waals surface area contributed by atoms with E-state index in [1.165, 1.54) is 11.1 Å². The van der Waals surface area contributed by atoms with Crippen LogP contribution in [-0.2, 0) is 19.4 Å². The summed E-state index contributed by atoms with van der Waals surface area (Å²) in [6.45, 7) is 1.85. The van der Waals surface area contributed by atoms with Gasteiger partial charge in [-0.25, -0.2) is 0 Å². The van der Waals surface area contributed by atoms with Crippen molar-refractivity contribution in [2.45, 2.75) is 38.1 Å². The molecule has 3 aromatic rings. The quantitative estimate of drug-likeness (QED) is 0.593. The third-order valence-corrected chi connectivity index (χ3v) is 6.18. The number of hydrogen-bond acceptors (Lipinski definition) is 3. The van der Waals surface area contributed by atoms with Crippen molar-refractivity contribution in [2.75, 3.05) is 13.1 Å². The number of H-pyrrole nitrogens is 1. The Morgan fingerprint density at radius 3 is 2.34 bits per heavy atom. The highest BCUT2D eigenvalue weighted by Gasteiger charge is 2.26. The van der Waals surface area contributed by atoms with Gasteiger partial charge in [-0.05, 0) is 59.9 Å². The molecular formula is C26H30ClN3O2. The first kappa shape index (κ1) is 23.8. The first-order valence-corrected chi connectivity index (χ1v) is 11.0. The van der Waals surface area contributed by atoms with E-state index < -0.39 is 0 Å². The van der Waals surface area contributed by atoms with Crippen LogP contribution in [0.15, 0.2) is 71.7 Å². The second kappa shape index (κ2) is 11.1. The minimum absolute atomic E-state index is 0. The smallest absolute Gasteiger partial charge is 0.260 e. The van der Waals surface area contributed by atoms with Crippen molar-refractivity contribution in [1.29, 1.82) is 0 Å². The maximum absolute atomic E-state index is 13.1. The lowest BCUT2D eigenvalue weighted by Gasteiger charge is -2.32. The van der Waals surface area contributed by atoms with Crippen LogP contribution in [0.25, 0.3) is 0 Å². The Morgan fingerprint density at radius 2 is 1.62 bits per heavy atom. The average molecular weight is 452 g/mol. The Kier molecular flexibility index (Phi) is 8.26. The maximum atomic E-state index is 13.1. The number of aryl methyl sites for hydroxylation is 2. The van der Waals surface area contributed by atoms with Gasteiger partial charge in [0, 0.05) is 25.8 Å². The molecule has 4 rings (SSSR count). The van der Waals surface area contributed by atoms with Crippen molar-refractivity contribution in [3.05, 3.63) is 105 Å². The highest BCUT2D eigenvalue weighted by molar-refractivity contribution is 5.94. The first-order valence-electron chi connectivity index (χ1n) is 11.0. The number of aromatic amines is 1. The molecule has 0 saturated carbocycles. The summed E-state index contributed by atoms with van der Waals surface area (Å²) < 4.78 is 0. The van der Waals surface area contributed by atoms with Gasteiger partial charge in [-0.1, -0.05) is 54.6 Å². The Bertz CT molecular complexity index is 1090. The summed E-state index contributed by atoms with van der Waals surface area (Å²) in [7, 11) is 0. The van der Waals surface area contributed by atoms with Crippen LogP contribution in [-0.4, -0.2) is 28.9 Å². The monoisotopic (exact) mass is 451 g/mol. The summed E-state index contributed by atoms with van der Waals surface area (Å²) in [5, 5.41) is 0. The summed E-state index contributed by atoms with van der Waals surface area (Å²) in [6, 6.07) is 20.4. The molecule has 3 N–H and O–H groups in total. The molecule has 32 heavy (non-hydrogen) atoms. The van der Waals surface area contributed by atoms with Gasteiger partial charge in [-0.2, -0.15) is 0 Å². The van der Waals surface area contributed by atoms with Gasteiger partial charge in [0.05, 0.1) is 0 Å². The van der Waals surface area contributed by atoms with Gasteiger partial charge in [0.25, 0.3) is 11.5 Å². The van der Waals surface area contributed by atoms with Crippen molar-refractivity contribution in [2.24, 2.45) is 5.73 Å². The number of nitrogens with one attached hydrogen (secondary N) is 1. The number of carbonyl (C=O) groups is 1. The fraction of sp³-hybridized carbons (Fsp3) is 0.308. The molecule has 0 unspecified atom stereocenters. The molecule has 168 valence electrons. The second-order valence-electron chi connectivity index (χ2n) is 8.25. The summed E-state index contributed by atoms with van der Waals surface area (Å²) in [6.07, 6.45) is 5.16. The fourth-order valence-corrected chi connectivity index (χ4v) is 4.33. The molecule has 0 radical (unpaired) electrons. The zero-order valence-corrected chi connectivity index (χ0v) is 18.9. The molecule has 0 atom stereocenters. The molecule has 2 heterocycles. The summed E-state index contributed by atoms with van der Waals surface area (Å²) in [5.74, 6) is 0.253. The van der Waals surface area contributed by atoms with E-state index in [-0.39, 0.29) is 29.4 Å². The van der Waals surface area contributed by atoms with Crippen LogP contribution in [0.3, 0.4) is 0 Å². The van der Waals surface area contributed by atoms with Crippen molar-refractivity contribution in [3.8, 4) is 0 Å². The number of halogens is 1. The van der Waals surface area contributed by atoms with Crippen molar-refractivity contribution >= 4 is 18.3 Å². The SMILES string of the molecule is Cl.NCc1cccc(C2CCN(C(=O)c3cc(CCc4ccccc4)c[nH]c3=O)CC2)c1. The number of hydrogen-bond donors (Lipinski definition) is 2. The van der Waals surface area contributed by atoms with E-state index in [1.54, 1.807) is 12.3 Å². The average Bonchev–Trinajstić information content (AvgIpc) is 2.84. The highest BCUT2D eigenvalue weighted by atomic mass is 35.5. The molecular weight excluding hydrogens is 422 g/mol. The van der Waals surface area contributed by atoms with E-state index in [0.717, 1.165) is 36.8 Å². The molecule has 2 aromatic carbocycles. The second-order valence-corrected chi connectivity index (χ2v) is 8.25. The van der Waals surface area contributed by atoms with Crippen molar-refractivity contribution in [3.63, 3.8) is 0 Å². The van der Waals surface area contributed by atoms with Crippen LogP contribution in [0.5, 0.6) is 0 Å². The number of nitrogens with zero attached hydrogens (tertiary/aromatic N) is 1. The Morgan fingerprint density at radius 1 is 0.938 bits per heavy atom. The lowest BCUT2D eigenvalue weighted by molar-refractivity contribution is 0.0711. The minimum atomic E-state index is -0.314.